The van der Waals surface area contributed by atoms with Gasteiger partial charge in [0, 0.05) is 6.20 Å². The maximum Gasteiger partial charge on any atom is 0.490 e. The average molecular weight is 593 g/mol. The number of hydrogen-bond acceptors (Lipinski definition) is 12. The largest absolute Gasteiger partial charge is 0.490 e. The maximum atomic E-state index is 12.2. The molecule has 1 saturated heterocycles. The first-order valence-corrected chi connectivity index (χ1v) is 13.5. The van der Waals surface area contributed by atoms with Gasteiger partial charge in [-0.2, -0.15) is 26.8 Å². The van der Waals surface area contributed by atoms with E-state index in [-0.39, 0.29) is 0 Å². The van der Waals surface area contributed by atoms with E-state index >= 15 is 0 Å². The van der Waals surface area contributed by atoms with Gasteiger partial charge in [-0.05, 0) is 6.07 Å². The number of rotatable bonds is 10. The molecule has 2 rings (SSSR count). The van der Waals surface area contributed by atoms with Crippen molar-refractivity contribution in [1.82, 2.24) is 9.55 Å². The lowest BCUT2D eigenvalue weighted by Gasteiger charge is -2.19. The molecule has 18 nitrogen and oxygen atoms in total. The molecule has 7 N–H and O–H groups in total. The van der Waals surface area contributed by atoms with E-state index in [0.29, 0.717) is 4.57 Å². The fraction of sp³-hybridized carbons (Fsp3) is 0.583. The fourth-order valence-corrected chi connectivity index (χ4v) is 5.64. The number of amides is 1. The van der Waals surface area contributed by atoms with Gasteiger partial charge in [0.15, 0.2) is 6.23 Å². The van der Waals surface area contributed by atoms with Gasteiger partial charge in [0.05, 0.1) is 6.61 Å². The normalized spacial score (nSPS) is 26.2. The summed E-state index contributed by atoms with van der Waals surface area (Å²) in [6, 6.07) is 0.859. The second kappa shape index (κ2) is 11.0. The number of nitrogens with zero attached hydrogens (tertiary/aromatic N) is 2. The molecule has 1 fully saturated rings. The van der Waals surface area contributed by atoms with E-state index in [1.54, 1.807) is 5.32 Å². The highest BCUT2D eigenvalue weighted by Crippen LogP contribution is 2.66. The van der Waals surface area contributed by atoms with Crippen molar-refractivity contribution in [2.24, 2.45) is 0 Å². The van der Waals surface area contributed by atoms with Crippen LogP contribution in [0.5, 0.6) is 0 Å². The van der Waals surface area contributed by atoms with Crippen molar-refractivity contribution in [3.8, 4) is 0 Å². The molecule has 2 heterocycles. The molecule has 1 amide bonds. The summed E-state index contributed by atoms with van der Waals surface area (Å²) in [5, 5.41) is 21.9. The van der Waals surface area contributed by atoms with Crippen molar-refractivity contribution in [2.75, 3.05) is 11.9 Å². The topological polar surface area (TPSA) is 273 Å². The Morgan fingerprint density at radius 3 is 2.25 bits per heavy atom. The van der Waals surface area contributed by atoms with E-state index in [4.69, 9.17) is 19.4 Å². The standard InChI is InChI=1S/C12H17F3N3O15P3/c13-12(14,15)3-7(19)16-6-1-2-18(11(22)17-6)10-9(21)8(20)5(31-10)4-30-35(26,27)33-36(28,29)32-34(23,24)25/h1-2,5,8-10,20-21H,3-4H2,(H,26,27)(H,28,29)(H2,23,24,25)(H,16,17,19,22). The zero-order valence-electron chi connectivity index (χ0n) is 17.1. The van der Waals surface area contributed by atoms with Gasteiger partial charge in [-0.25, -0.2) is 18.5 Å². The molecule has 36 heavy (non-hydrogen) atoms. The first kappa shape index (κ1) is 30.7. The summed E-state index contributed by atoms with van der Waals surface area (Å²) in [5.74, 6) is -2.10. The number of carbonyl (C=O) groups excluding carboxylic acids is 1. The Morgan fingerprint density at radius 2 is 1.72 bits per heavy atom. The van der Waals surface area contributed by atoms with Gasteiger partial charge in [-0.1, -0.05) is 0 Å². The minimum absolute atomic E-state index is 0.540. The average Bonchev–Trinajstić information content (AvgIpc) is 2.90. The maximum absolute atomic E-state index is 12.2. The molecule has 6 atom stereocenters. The minimum Gasteiger partial charge on any atom is -0.387 e. The van der Waals surface area contributed by atoms with E-state index in [1.807, 2.05) is 0 Å². The summed E-state index contributed by atoms with van der Waals surface area (Å²) in [5.41, 5.74) is -1.27. The highest BCUT2D eigenvalue weighted by Gasteiger charge is 2.46. The highest BCUT2D eigenvalue weighted by atomic mass is 31.3. The molecule has 0 spiro atoms. The number of nitrogens with one attached hydrogen (secondary N) is 1. The molecule has 0 saturated carbocycles. The molecule has 1 aromatic rings. The Hall–Kier alpha value is -1.57. The highest BCUT2D eigenvalue weighted by molar-refractivity contribution is 7.66. The van der Waals surface area contributed by atoms with E-state index in [9.17, 15) is 51.6 Å². The molecule has 0 aromatic carbocycles. The molecule has 1 aromatic heterocycles. The molecule has 1 aliphatic rings. The SMILES string of the molecule is O=C(CC(F)(F)F)Nc1ccn(C2OC(COP(=O)(O)OP(=O)(O)OP(=O)(O)O)C(O)C2O)c(=O)n1. The molecule has 6 unspecified atom stereocenters. The third-order valence-corrected chi connectivity index (χ3v) is 7.69. The summed E-state index contributed by atoms with van der Waals surface area (Å²) in [6.07, 6.45) is -13.2. The molecule has 0 radical (unpaired) electrons. The number of halogens is 3. The van der Waals surface area contributed by atoms with Gasteiger partial charge in [0.2, 0.25) is 5.91 Å². The number of phosphoric ester groups is 1. The molecular weight excluding hydrogens is 576 g/mol. The summed E-state index contributed by atoms with van der Waals surface area (Å²) >= 11 is 0. The van der Waals surface area contributed by atoms with Crippen LogP contribution in [0.2, 0.25) is 0 Å². The van der Waals surface area contributed by atoms with Gasteiger partial charge in [-0.3, -0.25) is 13.9 Å². The van der Waals surface area contributed by atoms with Crippen molar-refractivity contribution < 1.29 is 79.3 Å². The predicted molar refractivity (Wildman–Crippen MR) is 104 cm³/mol. The number of aromatic nitrogens is 2. The van der Waals surface area contributed by atoms with Crippen molar-refractivity contribution in [3.05, 3.63) is 22.7 Å². The zero-order chi connectivity index (χ0) is 27.7. The van der Waals surface area contributed by atoms with Crippen LogP contribution in [0.3, 0.4) is 0 Å². The number of aliphatic hydroxyl groups excluding tert-OH is 2. The number of hydrogen-bond donors (Lipinski definition) is 7. The summed E-state index contributed by atoms with van der Waals surface area (Å²) in [6.45, 7) is -1.16. The van der Waals surface area contributed by atoms with E-state index in [1.165, 1.54) is 0 Å². The smallest absolute Gasteiger partial charge is 0.387 e. The van der Waals surface area contributed by atoms with E-state index in [2.05, 4.69) is 18.1 Å². The van der Waals surface area contributed by atoms with Crippen LogP contribution in [-0.2, 0) is 36.4 Å². The monoisotopic (exact) mass is 593 g/mol. The van der Waals surface area contributed by atoms with Crippen LogP contribution in [-0.4, -0.2) is 76.3 Å². The molecule has 0 aliphatic carbocycles. The van der Waals surface area contributed by atoms with Crippen LogP contribution >= 0.6 is 23.5 Å². The third-order valence-electron chi connectivity index (χ3n) is 3.89. The van der Waals surface area contributed by atoms with Gasteiger partial charge >= 0.3 is 35.3 Å². The fourth-order valence-electron chi connectivity index (χ4n) is 2.61. The molecule has 206 valence electrons. The number of carbonyl (C=O) groups is 1. The summed E-state index contributed by atoms with van der Waals surface area (Å²) < 4.78 is 87.3. The summed E-state index contributed by atoms with van der Waals surface area (Å²) in [4.78, 5) is 62.2. The lowest BCUT2D eigenvalue weighted by molar-refractivity contribution is -0.150. The number of alkyl halides is 3. The first-order chi connectivity index (χ1) is 16.2. The Kier molecular flexibility index (Phi) is 9.40. The second-order valence-electron chi connectivity index (χ2n) is 6.78. The minimum atomic E-state index is -5.82. The number of anilines is 1. The third kappa shape index (κ3) is 9.38. The number of phosphoric acid groups is 3. The predicted octanol–water partition coefficient (Wildman–Crippen LogP) is -0.903. The molecule has 1 aliphatic heterocycles. The van der Waals surface area contributed by atoms with Crippen molar-refractivity contribution in [1.29, 1.82) is 0 Å². The second-order valence-corrected chi connectivity index (χ2v) is 11.2. The zero-order valence-corrected chi connectivity index (χ0v) is 19.8. The van der Waals surface area contributed by atoms with Crippen LogP contribution in [0.1, 0.15) is 12.6 Å². The Morgan fingerprint density at radius 1 is 1.11 bits per heavy atom. The van der Waals surface area contributed by atoms with Crippen LogP contribution in [0.25, 0.3) is 0 Å². The van der Waals surface area contributed by atoms with Crippen LogP contribution in [0.4, 0.5) is 19.0 Å². The van der Waals surface area contributed by atoms with Crippen molar-refractivity contribution in [2.45, 2.75) is 37.1 Å². The quantitative estimate of drug-likeness (QED) is 0.162. The van der Waals surface area contributed by atoms with Gasteiger partial charge < -0.3 is 39.8 Å². The molecule has 0 bridgehead atoms. The van der Waals surface area contributed by atoms with Gasteiger partial charge in [0.25, 0.3) is 0 Å². The lowest BCUT2D eigenvalue weighted by atomic mass is 10.1. The van der Waals surface area contributed by atoms with Crippen LogP contribution in [0, 0.1) is 0 Å². The Bertz CT molecular complexity index is 1170. The number of aliphatic hydroxyl groups is 2. The number of ether oxygens (including phenoxy) is 1. The van der Waals surface area contributed by atoms with E-state index in [0.717, 1.165) is 12.3 Å². The van der Waals surface area contributed by atoms with Gasteiger partial charge in [0.1, 0.15) is 30.6 Å². The van der Waals surface area contributed by atoms with Crippen LogP contribution < -0.4 is 11.0 Å². The van der Waals surface area contributed by atoms with Gasteiger partial charge in [-0.15, -0.1) is 0 Å². The Labute approximate surface area is 196 Å². The summed E-state index contributed by atoms with van der Waals surface area (Å²) in [7, 11) is -17.0. The van der Waals surface area contributed by atoms with Crippen LogP contribution in [0.15, 0.2) is 17.1 Å². The Balaban J connectivity index is 2.06. The van der Waals surface area contributed by atoms with Crippen molar-refractivity contribution >= 4 is 35.2 Å². The first-order valence-electron chi connectivity index (χ1n) is 8.94. The molecular formula is C12H17F3N3O15P3. The van der Waals surface area contributed by atoms with Crippen molar-refractivity contribution in [3.63, 3.8) is 0 Å². The van der Waals surface area contributed by atoms with E-state index < -0.39 is 84.6 Å². The lowest BCUT2D eigenvalue weighted by Crippen LogP contribution is -2.36. The molecule has 24 heteroatoms.